The van der Waals surface area contributed by atoms with Crippen molar-refractivity contribution in [1.82, 2.24) is 0 Å². The first-order valence-electron chi connectivity index (χ1n) is 9.06. The molecule has 1 N–H and O–H groups in total. The fourth-order valence-electron chi connectivity index (χ4n) is 3.56. The van der Waals surface area contributed by atoms with Crippen molar-refractivity contribution in [3.05, 3.63) is 0 Å². The molecule has 0 radical (unpaired) electrons. The Bertz CT molecular complexity index is 418. The SMILES string of the molecule is CC(C)CC(C(=O)O)C(C(=O)OC(C)(C)C)[C@@H](C)C1CCOCC1. The number of aliphatic carboxylic acids is 1. The van der Waals surface area contributed by atoms with E-state index in [0.717, 1.165) is 12.8 Å². The number of esters is 1. The molecule has 0 amide bonds. The summed E-state index contributed by atoms with van der Waals surface area (Å²) in [5.74, 6) is -2.15. The van der Waals surface area contributed by atoms with Gasteiger partial charge in [0.25, 0.3) is 0 Å². The molecule has 5 heteroatoms. The van der Waals surface area contributed by atoms with Gasteiger partial charge in [0.2, 0.25) is 0 Å². The Morgan fingerprint density at radius 3 is 2.12 bits per heavy atom. The molecule has 3 atom stereocenters. The molecule has 0 aromatic rings. The highest BCUT2D eigenvalue weighted by Gasteiger charge is 2.43. The van der Waals surface area contributed by atoms with Crippen LogP contribution in [0, 0.1) is 29.6 Å². The van der Waals surface area contributed by atoms with E-state index in [2.05, 4.69) is 0 Å². The molecule has 0 aliphatic carbocycles. The van der Waals surface area contributed by atoms with Crippen LogP contribution in [0.4, 0.5) is 0 Å². The Labute approximate surface area is 146 Å². The maximum absolute atomic E-state index is 12.9. The van der Waals surface area contributed by atoms with Crippen molar-refractivity contribution in [2.45, 2.75) is 66.4 Å². The highest BCUT2D eigenvalue weighted by atomic mass is 16.6. The fraction of sp³-hybridized carbons (Fsp3) is 0.895. The number of hydrogen-bond donors (Lipinski definition) is 1. The largest absolute Gasteiger partial charge is 0.481 e. The molecule has 1 fully saturated rings. The Kier molecular flexibility index (Phi) is 7.71. The quantitative estimate of drug-likeness (QED) is 0.713. The topological polar surface area (TPSA) is 72.8 Å². The minimum absolute atomic E-state index is 0.0383. The first-order chi connectivity index (χ1) is 11.0. The summed E-state index contributed by atoms with van der Waals surface area (Å²) in [6.45, 7) is 12.8. The van der Waals surface area contributed by atoms with Crippen LogP contribution in [0.25, 0.3) is 0 Å². The third-order valence-corrected chi connectivity index (χ3v) is 4.73. The summed E-state index contributed by atoms with van der Waals surface area (Å²) in [7, 11) is 0. The number of carboxylic acid groups (broad SMARTS) is 1. The molecular weight excluding hydrogens is 308 g/mol. The van der Waals surface area contributed by atoms with Crippen LogP contribution >= 0.6 is 0 Å². The Hall–Kier alpha value is -1.10. The molecule has 1 rings (SSSR count). The average Bonchev–Trinajstić information content (AvgIpc) is 2.44. The van der Waals surface area contributed by atoms with Crippen LogP contribution in [0.3, 0.4) is 0 Å². The van der Waals surface area contributed by atoms with Crippen molar-refractivity contribution in [2.75, 3.05) is 13.2 Å². The molecule has 0 saturated carbocycles. The molecule has 0 bridgehead atoms. The van der Waals surface area contributed by atoms with Crippen LogP contribution in [0.15, 0.2) is 0 Å². The van der Waals surface area contributed by atoms with Crippen LogP contribution in [0.1, 0.15) is 60.8 Å². The maximum Gasteiger partial charge on any atom is 0.310 e. The van der Waals surface area contributed by atoms with Crippen molar-refractivity contribution < 1.29 is 24.2 Å². The first kappa shape index (κ1) is 20.9. The summed E-state index contributed by atoms with van der Waals surface area (Å²) in [6.07, 6.45) is 2.22. The molecule has 1 saturated heterocycles. The summed E-state index contributed by atoms with van der Waals surface area (Å²) < 4.78 is 11.0. The number of carbonyl (C=O) groups excluding carboxylic acids is 1. The van der Waals surface area contributed by atoms with Gasteiger partial charge in [-0.2, -0.15) is 0 Å². The molecular formula is C19H34O5. The minimum atomic E-state index is -0.904. The molecule has 0 aromatic heterocycles. The summed E-state index contributed by atoms with van der Waals surface area (Å²) in [5.41, 5.74) is -0.619. The summed E-state index contributed by atoms with van der Waals surface area (Å²) in [6, 6.07) is 0. The third-order valence-electron chi connectivity index (χ3n) is 4.73. The van der Waals surface area contributed by atoms with Crippen molar-refractivity contribution >= 4 is 11.9 Å². The van der Waals surface area contributed by atoms with E-state index in [0.29, 0.717) is 25.6 Å². The Balaban J connectivity index is 3.07. The van der Waals surface area contributed by atoms with Gasteiger partial charge in [0.1, 0.15) is 5.60 Å². The van der Waals surface area contributed by atoms with Gasteiger partial charge in [-0.25, -0.2) is 0 Å². The normalized spacial score (nSPS) is 20.5. The van der Waals surface area contributed by atoms with Gasteiger partial charge in [0.15, 0.2) is 0 Å². The van der Waals surface area contributed by atoms with Crippen molar-refractivity contribution in [3.8, 4) is 0 Å². The van der Waals surface area contributed by atoms with Crippen LogP contribution < -0.4 is 0 Å². The van der Waals surface area contributed by atoms with Gasteiger partial charge < -0.3 is 14.6 Å². The highest BCUT2D eigenvalue weighted by molar-refractivity contribution is 5.81. The predicted molar refractivity (Wildman–Crippen MR) is 92.6 cm³/mol. The zero-order valence-corrected chi connectivity index (χ0v) is 16.0. The number of carboxylic acids is 1. The van der Waals surface area contributed by atoms with Crippen molar-refractivity contribution in [1.29, 1.82) is 0 Å². The lowest BCUT2D eigenvalue weighted by molar-refractivity contribution is -0.171. The number of rotatable bonds is 7. The van der Waals surface area contributed by atoms with E-state index in [1.165, 1.54) is 0 Å². The van der Waals surface area contributed by atoms with Crippen LogP contribution in [-0.2, 0) is 19.1 Å². The van der Waals surface area contributed by atoms with E-state index in [4.69, 9.17) is 9.47 Å². The summed E-state index contributed by atoms with van der Waals surface area (Å²) in [5, 5.41) is 9.75. The lowest BCUT2D eigenvalue weighted by Gasteiger charge is -2.36. The molecule has 5 nitrogen and oxygen atoms in total. The Morgan fingerprint density at radius 2 is 1.71 bits per heavy atom. The lowest BCUT2D eigenvalue weighted by atomic mass is 9.71. The average molecular weight is 342 g/mol. The van der Waals surface area contributed by atoms with Gasteiger partial charge in [0.05, 0.1) is 11.8 Å². The van der Waals surface area contributed by atoms with Gasteiger partial charge in [-0.15, -0.1) is 0 Å². The second-order valence-electron chi connectivity index (χ2n) is 8.44. The molecule has 24 heavy (non-hydrogen) atoms. The zero-order chi connectivity index (χ0) is 18.5. The standard InChI is InChI=1S/C19H34O5/c1-12(2)11-15(17(20)21)16(18(22)24-19(4,5)6)13(3)14-7-9-23-10-8-14/h12-16H,7-11H2,1-6H3,(H,20,21)/t13-,15?,16?/m0/s1. The maximum atomic E-state index is 12.9. The smallest absolute Gasteiger partial charge is 0.310 e. The van der Waals surface area contributed by atoms with Gasteiger partial charge in [0, 0.05) is 13.2 Å². The van der Waals surface area contributed by atoms with Crippen LogP contribution in [-0.4, -0.2) is 35.9 Å². The number of carbonyl (C=O) groups is 2. The second-order valence-corrected chi connectivity index (χ2v) is 8.44. The molecule has 2 unspecified atom stereocenters. The van der Waals surface area contributed by atoms with E-state index in [-0.39, 0.29) is 17.8 Å². The zero-order valence-electron chi connectivity index (χ0n) is 16.0. The van der Waals surface area contributed by atoms with E-state index in [1.807, 2.05) is 41.5 Å². The fourth-order valence-corrected chi connectivity index (χ4v) is 3.56. The van der Waals surface area contributed by atoms with E-state index in [1.54, 1.807) is 0 Å². The lowest BCUT2D eigenvalue weighted by Crippen LogP contribution is -2.42. The summed E-state index contributed by atoms with van der Waals surface area (Å²) in [4.78, 5) is 24.8. The molecule has 1 aliphatic rings. The molecule has 0 spiro atoms. The molecule has 1 heterocycles. The van der Waals surface area contributed by atoms with E-state index >= 15 is 0 Å². The summed E-state index contributed by atoms with van der Waals surface area (Å²) >= 11 is 0. The second kappa shape index (κ2) is 8.84. The minimum Gasteiger partial charge on any atom is -0.481 e. The monoisotopic (exact) mass is 342 g/mol. The van der Waals surface area contributed by atoms with E-state index in [9.17, 15) is 14.7 Å². The van der Waals surface area contributed by atoms with Gasteiger partial charge in [-0.1, -0.05) is 20.8 Å². The molecule has 140 valence electrons. The molecule has 0 aromatic carbocycles. The van der Waals surface area contributed by atoms with Crippen LogP contribution in [0.2, 0.25) is 0 Å². The van der Waals surface area contributed by atoms with Gasteiger partial charge in [-0.05, 0) is 57.8 Å². The third kappa shape index (κ3) is 6.42. The van der Waals surface area contributed by atoms with E-state index < -0.39 is 23.4 Å². The predicted octanol–water partition coefficient (Wildman–Crippen LogP) is 3.75. The first-order valence-corrected chi connectivity index (χ1v) is 9.06. The Morgan fingerprint density at radius 1 is 1.17 bits per heavy atom. The number of ether oxygens (including phenoxy) is 2. The van der Waals surface area contributed by atoms with Gasteiger partial charge in [-0.3, -0.25) is 9.59 Å². The highest BCUT2D eigenvalue weighted by Crippen LogP contribution is 2.37. The van der Waals surface area contributed by atoms with Gasteiger partial charge >= 0.3 is 11.9 Å². The number of hydrogen-bond acceptors (Lipinski definition) is 4. The van der Waals surface area contributed by atoms with Crippen molar-refractivity contribution in [2.24, 2.45) is 29.6 Å². The van der Waals surface area contributed by atoms with Crippen molar-refractivity contribution in [3.63, 3.8) is 0 Å². The van der Waals surface area contributed by atoms with Crippen LogP contribution in [0.5, 0.6) is 0 Å². The molecule has 1 aliphatic heterocycles.